The summed E-state index contributed by atoms with van der Waals surface area (Å²) in [6.45, 7) is 6.71. The molecule has 0 aliphatic carbocycles. The molecule has 1 aromatic rings. The lowest BCUT2D eigenvalue weighted by atomic mass is 10.3. The predicted molar refractivity (Wildman–Crippen MR) is 65.8 cm³/mol. The third kappa shape index (κ3) is 7.96. The Labute approximate surface area is 94.6 Å². The maximum Gasteiger partial charge on any atom is 0.168 e. The van der Waals surface area contributed by atoms with Gasteiger partial charge in [0.2, 0.25) is 0 Å². The fourth-order valence-electron chi connectivity index (χ4n) is 0.924. The van der Waals surface area contributed by atoms with Gasteiger partial charge in [0, 0.05) is 18.6 Å². The topological polar surface area (TPSA) is 3.88 Å². The molecule has 13 heavy (non-hydrogen) atoms. The molecule has 0 aromatic carbocycles. The lowest BCUT2D eigenvalue weighted by Crippen LogP contribution is -2.31. The fraction of sp³-hybridized carbons (Fsp3) is 0.364. The van der Waals surface area contributed by atoms with Crippen LogP contribution < -0.4 is 4.57 Å². The molecule has 0 saturated heterocycles. The number of hydrogen-bond acceptors (Lipinski definition) is 0. The zero-order valence-corrected chi connectivity index (χ0v) is 10.3. The third-order valence-corrected chi connectivity index (χ3v) is 1.55. The molecule has 0 aliphatic rings. The molecule has 0 amide bonds. The molecule has 0 unspecified atom stereocenters. The van der Waals surface area contributed by atoms with Crippen LogP contribution in [0.2, 0.25) is 0 Å². The minimum absolute atomic E-state index is 1.15. The van der Waals surface area contributed by atoms with Crippen LogP contribution in [0.15, 0.2) is 41.3 Å². The Morgan fingerprint density at radius 1 is 1.31 bits per heavy atom. The standard InChI is InChI=1S/C9H14N.C2H3I/c1-2-3-7-10-8-5-4-6-9-10;1-2-3/h4-6,8-9H,2-3,7H2,1H3;2H,1H2/q+1;. The lowest BCUT2D eigenvalue weighted by Gasteiger charge is -1.91. The Kier molecular flexibility index (Phi) is 9.42. The molecule has 0 aliphatic heterocycles. The minimum Gasteiger partial charge on any atom is -0.205 e. The second-order valence-corrected chi connectivity index (χ2v) is 3.50. The molecule has 0 spiro atoms. The molecule has 0 saturated carbocycles. The monoisotopic (exact) mass is 290 g/mol. The van der Waals surface area contributed by atoms with Crippen LogP contribution in [0.3, 0.4) is 0 Å². The van der Waals surface area contributed by atoms with E-state index in [0.29, 0.717) is 0 Å². The number of rotatable bonds is 3. The van der Waals surface area contributed by atoms with Gasteiger partial charge >= 0.3 is 0 Å². The average Bonchev–Trinajstić information content (AvgIpc) is 2.18. The molecular formula is C11H17IN+. The fourth-order valence-corrected chi connectivity index (χ4v) is 0.924. The zero-order valence-electron chi connectivity index (χ0n) is 8.12. The van der Waals surface area contributed by atoms with E-state index in [1.165, 1.54) is 12.8 Å². The summed E-state index contributed by atoms with van der Waals surface area (Å²) < 4.78 is 3.93. The van der Waals surface area contributed by atoms with E-state index in [2.05, 4.69) is 65.2 Å². The van der Waals surface area contributed by atoms with Gasteiger partial charge in [-0.25, -0.2) is 4.57 Å². The SMILES string of the molecule is C=CI.CCCC[n+]1ccccc1. The molecule has 2 heteroatoms. The Morgan fingerprint density at radius 2 is 1.85 bits per heavy atom. The van der Waals surface area contributed by atoms with Gasteiger partial charge in [0.05, 0.1) is 0 Å². The number of pyridine rings is 1. The van der Waals surface area contributed by atoms with E-state index in [1.807, 2.05) is 6.07 Å². The third-order valence-electron chi connectivity index (χ3n) is 1.55. The van der Waals surface area contributed by atoms with Gasteiger partial charge in [0.15, 0.2) is 12.4 Å². The number of aromatic nitrogens is 1. The van der Waals surface area contributed by atoms with Crippen LogP contribution in [0.5, 0.6) is 0 Å². The summed E-state index contributed by atoms with van der Waals surface area (Å²) >= 11 is 2.05. The van der Waals surface area contributed by atoms with E-state index >= 15 is 0 Å². The van der Waals surface area contributed by atoms with Gasteiger partial charge in [0.1, 0.15) is 6.54 Å². The smallest absolute Gasteiger partial charge is 0.168 e. The number of hydrogen-bond donors (Lipinski definition) is 0. The molecule has 72 valence electrons. The summed E-state index contributed by atoms with van der Waals surface area (Å²) in [5, 5.41) is 0. The largest absolute Gasteiger partial charge is 0.205 e. The second kappa shape index (κ2) is 9.71. The highest BCUT2D eigenvalue weighted by Gasteiger charge is 1.93. The number of aryl methyl sites for hydroxylation is 1. The molecular weight excluding hydrogens is 273 g/mol. The molecule has 0 bridgehead atoms. The van der Waals surface area contributed by atoms with Crippen molar-refractivity contribution in [2.75, 3.05) is 0 Å². The van der Waals surface area contributed by atoms with Gasteiger partial charge < -0.3 is 0 Å². The maximum atomic E-state index is 3.35. The molecule has 0 radical (unpaired) electrons. The van der Waals surface area contributed by atoms with Gasteiger partial charge in [0.25, 0.3) is 0 Å². The van der Waals surface area contributed by atoms with Crippen molar-refractivity contribution in [3.63, 3.8) is 0 Å². The number of halogens is 1. The normalized spacial score (nSPS) is 8.46. The van der Waals surface area contributed by atoms with Gasteiger partial charge in [-0.1, -0.05) is 48.6 Å². The highest BCUT2D eigenvalue weighted by Crippen LogP contribution is 1.85. The molecule has 0 atom stereocenters. The van der Waals surface area contributed by atoms with Crippen molar-refractivity contribution < 1.29 is 4.57 Å². The van der Waals surface area contributed by atoms with Crippen molar-refractivity contribution in [3.8, 4) is 0 Å². The first-order valence-corrected chi connectivity index (χ1v) is 5.75. The molecule has 0 N–H and O–H groups in total. The molecule has 1 heterocycles. The summed E-state index contributed by atoms with van der Waals surface area (Å²) in [5.41, 5.74) is 0. The van der Waals surface area contributed by atoms with Crippen LogP contribution >= 0.6 is 22.6 Å². The van der Waals surface area contributed by atoms with Crippen molar-refractivity contribution in [2.24, 2.45) is 0 Å². The van der Waals surface area contributed by atoms with Gasteiger partial charge in [-0.3, -0.25) is 0 Å². The van der Waals surface area contributed by atoms with Crippen LogP contribution in [0.1, 0.15) is 19.8 Å². The first-order valence-electron chi connectivity index (χ1n) is 4.50. The van der Waals surface area contributed by atoms with Crippen molar-refractivity contribution >= 4 is 22.6 Å². The van der Waals surface area contributed by atoms with Crippen LogP contribution in [-0.2, 0) is 6.54 Å². The van der Waals surface area contributed by atoms with Gasteiger partial charge in [-0.05, 0) is 4.08 Å². The van der Waals surface area contributed by atoms with Crippen LogP contribution in [0.4, 0.5) is 0 Å². The van der Waals surface area contributed by atoms with E-state index in [1.54, 1.807) is 4.08 Å². The van der Waals surface area contributed by atoms with Crippen LogP contribution in [0.25, 0.3) is 0 Å². The van der Waals surface area contributed by atoms with E-state index < -0.39 is 0 Å². The average molecular weight is 290 g/mol. The van der Waals surface area contributed by atoms with Crippen molar-refractivity contribution in [2.45, 2.75) is 26.3 Å². The molecule has 1 nitrogen and oxygen atoms in total. The number of unbranched alkanes of at least 4 members (excludes halogenated alkanes) is 1. The number of nitrogens with zero attached hydrogens (tertiary/aromatic N) is 1. The first kappa shape index (κ1) is 12.6. The van der Waals surface area contributed by atoms with Crippen molar-refractivity contribution in [1.82, 2.24) is 0 Å². The molecule has 1 aromatic heterocycles. The highest BCUT2D eigenvalue weighted by molar-refractivity contribution is 14.1. The Hall–Kier alpha value is -0.380. The summed E-state index contributed by atoms with van der Waals surface area (Å²) in [5.74, 6) is 0. The van der Waals surface area contributed by atoms with Gasteiger partial charge in [-0.15, -0.1) is 0 Å². The minimum atomic E-state index is 1.15. The van der Waals surface area contributed by atoms with E-state index in [4.69, 9.17) is 0 Å². The first-order chi connectivity index (χ1) is 6.35. The molecule has 0 fully saturated rings. The van der Waals surface area contributed by atoms with E-state index in [0.717, 1.165) is 6.54 Å². The second-order valence-electron chi connectivity index (χ2n) is 2.62. The summed E-state index contributed by atoms with van der Waals surface area (Å²) in [4.78, 5) is 0. The maximum absolute atomic E-state index is 3.35. The van der Waals surface area contributed by atoms with Crippen molar-refractivity contribution in [1.29, 1.82) is 0 Å². The molecule has 1 rings (SSSR count). The van der Waals surface area contributed by atoms with Gasteiger partial charge in [-0.2, -0.15) is 0 Å². The predicted octanol–water partition coefficient (Wildman–Crippen LogP) is 3.34. The summed E-state index contributed by atoms with van der Waals surface area (Å²) in [7, 11) is 0. The lowest BCUT2D eigenvalue weighted by molar-refractivity contribution is -0.697. The zero-order chi connectivity index (χ0) is 9.94. The van der Waals surface area contributed by atoms with Crippen molar-refractivity contribution in [3.05, 3.63) is 41.3 Å². The van der Waals surface area contributed by atoms with E-state index in [9.17, 15) is 0 Å². The Bertz CT molecular complexity index is 209. The van der Waals surface area contributed by atoms with E-state index in [-0.39, 0.29) is 0 Å². The summed E-state index contributed by atoms with van der Waals surface area (Å²) in [6.07, 6.45) is 6.75. The summed E-state index contributed by atoms with van der Waals surface area (Å²) in [6, 6.07) is 6.17. The Morgan fingerprint density at radius 3 is 2.31 bits per heavy atom. The van der Waals surface area contributed by atoms with Crippen LogP contribution in [0, 0.1) is 0 Å². The highest BCUT2D eigenvalue weighted by atomic mass is 127. The van der Waals surface area contributed by atoms with Crippen LogP contribution in [-0.4, -0.2) is 0 Å². The quantitative estimate of drug-likeness (QED) is 0.594. The Balaban J connectivity index is 0.000000424.